The second kappa shape index (κ2) is 15.5. The third-order valence-electron chi connectivity index (χ3n) is 5.72. The maximum atomic E-state index is 13.2. The van der Waals surface area contributed by atoms with Gasteiger partial charge >= 0.3 is 5.97 Å². The molecule has 4 atom stereocenters. The highest BCUT2D eigenvalue weighted by atomic mass is 16.4. The lowest BCUT2D eigenvalue weighted by atomic mass is 9.85. The number of nitrogens with one attached hydrogen (secondary N) is 4. The van der Waals surface area contributed by atoms with Gasteiger partial charge in [0.2, 0.25) is 29.5 Å². The number of amides is 5. The van der Waals surface area contributed by atoms with Gasteiger partial charge in [-0.3, -0.25) is 29.0 Å². The summed E-state index contributed by atoms with van der Waals surface area (Å²) in [6, 6.07) is -4.24. The van der Waals surface area contributed by atoms with Gasteiger partial charge in [-0.05, 0) is 26.7 Å². The average molecular weight is 550 g/mol. The van der Waals surface area contributed by atoms with Crippen molar-refractivity contribution in [1.82, 2.24) is 26.2 Å². The Balaban J connectivity index is 3.02. The molecule has 1 aliphatic rings. The lowest BCUT2D eigenvalue weighted by Crippen LogP contribution is -2.57. The van der Waals surface area contributed by atoms with E-state index in [-0.39, 0.29) is 43.3 Å². The zero-order valence-corrected chi connectivity index (χ0v) is 22.7. The molecule has 0 aromatic carbocycles. The third kappa shape index (κ3) is 11.2. The Kier molecular flexibility index (Phi) is 13.2. The van der Waals surface area contributed by atoms with Gasteiger partial charge in [-0.25, -0.2) is 4.79 Å². The van der Waals surface area contributed by atoms with Crippen molar-refractivity contribution in [3.05, 3.63) is 0 Å². The van der Waals surface area contributed by atoms with Crippen LogP contribution in [0.25, 0.3) is 0 Å². The molecule has 2 radical (unpaired) electrons. The first-order valence-electron chi connectivity index (χ1n) is 12.7. The summed E-state index contributed by atoms with van der Waals surface area (Å²) in [6.07, 6.45) is 0.266. The Labute approximate surface area is 228 Å². The second-order valence-electron chi connectivity index (χ2n) is 9.85. The third-order valence-corrected chi connectivity index (χ3v) is 5.72. The highest BCUT2D eigenvalue weighted by Crippen LogP contribution is 2.21. The Hall–Kier alpha value is -3.85. The topological polar surface area (TPSA) is 238 Å². The molecule has 39 heavy (non-hydrogen) atoms. The summed E-state index contributed by atoms with van der Waals surface area (Å²) in [6.45, 7) is 6.43. The molecule has 0 saturated carbocycles. The SMILES string of the molecule is [B]C(CNC(=O)C(C)C)C(=O)N1CCCC1C(=O)NC(CC(=O)NC(C)C)C(=O)NC(CN=C(N)N)C(=O)O. The number of carboxylic acids is 1. The van der Waals surface area contributed by atoms with Crippen molar-refractivity contribution in [3.63, 3.8) is 0 Å². The van der Waals surface area contributed by atoms with Crippen molar-refractivity contribution >= 4 is 49.3 Å². The molecule has 16 heteroatoms. The van der Waals surface area contributed by atoms with Crippen LogP contribution in [0.15, 0.2) is 4.99 Å². The molecule has 1 fully saturated rings. The van der Waals surface area contributed by atoms with E-state index in [0.29, 0.717) is 6.42 Å². The molecular formula is C23H39BN8O7. The van der Waals surface area contributed by atoms with E-state index in [0.717, 1.165) is 0 Å². The number of carbonyl (C=O) groups is 6. The van der Waals surface area contributed by atoms with E-state index in [1.54, 1.807) is 27.7 Å². The van der Waals surface area contributed by atoms with Crippen molar-refractivity contribution in [1.29, 1.82) is 0 Å². The maximum absolute atomic E-state index is 13.2. The minimum atomic E-state index is -1.53. The molecule has 1 saturated heterocycles. The molecular weight excluding hydrogens is 511 g/mol. The maximum Gasteiger partial charge on any atom is 0.328 e. The van der Waals surface area contributed by atoms with Crippen LogP contribution in [0.1, 0.15) is 47.0 Å². The summed E-state index contributed by atoms with van der Waals surface area (Å²) in [4.78, 5) is 79.8. The van der Waals surface area contributed by atoms with Crippen LogP contribution >= 0.6 is 0 Å². The van der Waals surface area contributed by atoms with Crippen molar-refractivity contribution < 1.29 is 33.9 Å². The highest BCUT2D eigenvalue weighted by molar-refractivity contribution is 6.24. The lowest BCUT2D eigenvalue weighted by Gasteiger charge is -2.29. The fourth-order valence-electron chi connectivity index (χ4n) is 3.72. The lowest BCUT2D eigenvalue weighted by molar-refractivity contribution is -0.143. The van der Waals surface area contributed by atoms with E-state index >= 15 is 0 Å². The standard InChI is InChI=1S/C23H39BN8O7/c1-11(2)18(34)27-9-13(24)21(37)32-7-5-6-16(32)20(36)30-14(8-17(33)29-12(3)4)19(35)31-15(22(38)39)10-28-23(25)26/h11-16H,5-10H2,1-4H3,(H,27,34)(H,29,33)(H,30,36)(H,31,35)(H,38,39)(H4,25,26,28). The molecule has 4 unspecified atom stereocenters. The fourth-order valence-corrected chi connectivity index (χ4v) is 3.72. The quantitative estimate of drug-likeness (QED) is 0.0659. The van der Waals surface area contributed by atoms with Gasteiger partial charge in [0.15, 0.2) is 5.96 Å². The van der Waals surface area contributed by atoms with Gasteiger partial charge in [-0.15, -0.1) is 0 Å². The molecule has 0 spiro atoms. The van der Waals surface area contributed by atoms with Gasteiger partial charge in [0.05, 0.1) is 20.8 Å². The first-order chi connectivity index (χ1) is 18.1. The Bertz CT molecular complexity index is 955. The summed E-state index contributed by atoms with van der Waals surface area (Å²) in [7, 11) is 5.96. The molecule has 0 aliphatic carbocycles. The van der Waals surface area contributed by atoms with Crippen LogP contribution < -0.4 is 32.7 Å². The van der Waals surface area contributed by atoms with Crippen LogP contribution in [0.3, 0.4) is 0 Å². The summed E-state index contributed by atoms with van der Waals surface area (Å²) >= 11 is 0. The zero-order valence-electron chi connectivity index (χ0n) is 22.7. The summed E-state index contributed by atoms with van der Waals surface area (Å²) in [5.74, 6) is -6.28. The van der Waals surface area contributed by atoms with Crippen molar-refractivity contribution in [3.8, 4) is 0 Å². The summed E-state index contributed by atoms with van der Waals surface area (Å²) in [5.41, 5.74) is 10.5. The van der Waals surface area contributed by atoms with Crippen LogP contribution in [0, 0.1) is 5.92 Å². The van der Waals surface area contributed by atoms with Crippen molar-refractivity contribution in [2.75, 3.05) is 19.6 Å². The number of nitrogens with two attached hydrogens (primary N) is 2. The number of hydrogen-bond acceptors (Lipinski definition) is 7. The number of guanidine groups is 1. The van der Waals surface area contributed by atoms with Gasteiger partial charge < -0.3 is 42.7 Å². The molecule has 0 aromatic rings. The number of carboxylic acid groups (broad SMARTS) is 1. The minimum Gasteiger partial charge on any atom is -0.480 e. The Morgan fingerprint density at radius 1 is 1.00 bits per heavy atom. The van der Waals surface area contributed by atoms with Crippen LogP contribution in [0.4, 0.5) is 0 Å². The Morgan fingerprint density at radius 3 is 2.18 bits per heavy atom. The number of carbonyl (C=O) groups excluding carboxylic acids is 5. The monoisotopic (exact) mass is 550 g/mol. The van der Waals surface area contributed by atoms with E-state index < -0.39 is 66.5 Å². The molecule has 216 valence electrons. The number of nitrogens with zero attached hydrogens (tertiary/aromatic N) is 2. The molecule has 5 amide bonds. The summed E-state index contributed by atoms with van der Waals surface area (Å²) < 4.78 is 0. The first kappa shape index (κ1) is 33.2. The minimum absolute atomic E-state index is 0.118. The number of hydrogen-bond donors (Lipinski definition) is 7. The van der Waals surface area contributed by atoms with Gasteiger partial charge in [-0.2, -0.15) is 0 Å². The van der Waals surface area contributed by atoms with Crippen LogP contribution in [0.2, 0.25) is 5.82 Å². The average Bonchev–Trinajstić information content (AvgIpc) is 3.32. The van der Waals surface area contributed by atoms with Crippen LogP contribution in [-0.2, 0) is 28.8 Å². The summed E-state index contributed by atoms with van der Waals surface area (Å²) in [5, 5.41) is 19.3. The van der Waals surface area contributed by atoms with E-state index in [9.17, 15) is 33.9 Å². The molecule has 15 nitrogen and oxygen atoms in total. The normalized spacial score (nSPS) is 17.1. The Morgan fingerprint density at radius 2 is 1.64 bits per heavy atom. The zero-order chi connectivity index (χ0) is 29.9. The second-order valence-corrected chi connectivity index (χ2v) is 9.85. The molecule has 1 aliphatic heterocycles. The van der Waals surface area contributed by atoms with Crippen LogP contribution in [-0.4, -0.2) is 103 Å². The molecule has 0 aromatic heterocycles. The number of aliphatic imine (C=N–C) groups is 1. The van der Waals surface area contributed by atoms with Crippen LogP contribution in [0.5, 0.6) is 0 Å². The highest BCUT2D eigenvalue weighted by Gasteiger charge is 2.38. The predicted octanol–water partition coefficient (Wildman–Crippen LogP) is -3.05. The number of rotatable bonds is 14. The molecule has 9 N–H and O–H groups in total. The molecule has 1 heterocycles. The van der Waals surface area contributed by atoms with Crippen molar-refractivity contribution in [2.24, 2.45) is 22.4 Å². The number of likely N-dealkylation sites (tertiary alicyclic amines) is 1. The van der Waals surface area contributed by atoms with Gasteiger partial charge in [0.25, 0.3) is 0 Å². The van der Waals surface area contributed by atoms with Gasteiger partial charge in [0, 0.05) is 30.9 Å². The smallest absolute Gasteiger partial charge is 0.328 e. The molecule has 0 bridgehead atoms. The van der Waals surface area contributed by atoms with E-state index in [1.165, 1.54) is 4.90 Å². The van der Waals surface area contributed by atoms with Crippen molar-refractivity contribution in [2.45, 2.75) is 76.9 Å². The van der Waals surface area contributed by atoms with E-state index in [4.69, 9.17) is 19.3 Å². The van der Waals surface area contributed by atoms with Gasteiger partial charge in [0.1, 0.15) is 18.1 Å². The first-order valence-corrected chi connectivity index (χ1v) is 12.7. The fraction of sp³-hybridized carbons (Fsp3) is 0.696. The van der Waals surface area contributed by atoms with Gasteiger partial charge in [-0.1, -0.05) is 13.8 Å². The number of aliphatic carboxylic acids is 1. The van der Waals surface area contributed by atoms with E-state index in [2.05, 4.69) is 26.3 Å². The molecule has 1 rings (SSSR count). The van der Waals surface area contributed by atoms with E-state index in [1.807, 2.05) is 0 Å². The largest absolute Gasteiger partial charge is 0.480 e. The predicted molar refractivity (Wildman–Crippen MR) is 142 cm³/mol.